The van der Waals surface area contributed by atoms with E-state index in [2.05, 4.69) is 55.5 Å². The van der Waals surface area contributed by atoms with Gasteiger partial charge in [0.15, 0.2) is 5.96 Å². The summed E-state index contributed by atoms with van der Waals surface area (Å²) in [4.78, 5) is 4.62. The molecule has 8 nitrogen and oxygen atoms in total. The van der Waals surface area contributed by atoms with Crippen LogP contribution in [0.4, 0.5) is 0 Å². The van der Waals surface area contributed by atoms with Crippen molar-refractivity contribution >= 4 is 29.9 Å². The van der Waals surface area contributed by atoms with Crippen LogP contribution in [0.25, 0.3) is 0 Å². The Labute approximate surface area is 166 Å². The first-order valence-corrected chi connectivity index (χ1v) is 8.59. The molecule has 0 aliphatic carbocycles. The number of rotatable bonds is 9. The molecule has 0 bridgehead atoms. The summed E-state index contributed by atoms with van der Waals surface area (Å²) < 4.78 is 3.90. The van der Waals surface area contributed by atoms with Gasteiger partial charge in [0.2, 0.25) is 0 Å². The summed E-state index contributed by atoms with van der Waals surface area (Å²) in [6, 6.07) is 0. The van der Waals surface area contributed by atoms with Crippen molar-refractivity contribution in [1.82, 2.24) is 35.2 Å². The van der Waals surface area contributed by atoms with Crippen LogP contribution in [0.3, 0.4) is 0 Å². The number of hydrogen-bond acceptors (Lipinski definition) is 4. The molecule has 9 heteroatoms. The minimum Gasteiger partial charge on any atom is -0.357 e. The summed E-state index contributed by atoms with van der Waals surface area (Å²) in [7, 11) is 1.94. The zero-order valence-corrected chi connectivity index (χ0v) is 17.6. The fraction of sp³-hybridized carbons (Fsp3) is 0.625. The summed E-state index contributed by atoms with van der Waals surface area (Å²) in [5.41, 5.74) is 1.25. The quantitative estimate of drug-likeness (QED) is 0.256. The van der Waals surface area contributed by atoms with Gasteiger partial charge in [0.25, 0.3) is 0 Å². The van der Waals surface area contributed by atoms with E-state index in [1.165, 1.54) is 5.56 Å². The van der Waals surface area contributed by atoms with Gasteiger partial charge in [-0.2, -0.15) is 5.10 Å². The highest BCUT2D eigenvalue weighted by Crippen LogP contribution is 2.00. The Morgan fingerprint density at radius 2 is 2.12 bits per heavy atom. The Balaban J connectivity index is 0.00000312. The minimum absolute atomic E-state index is 0. The Kier molecular flexibility index (Phi) is 10.1. The van der Waals surface area contributed by atoms with Gasteiger partial charge in [-0.15, -0.1) is 34.2 Å². The molecular formula is C16H29IN8. The van der Waals surface area contributed by atoms with Crippen molar-refractivity contribution in [3.63, 3.8) is 0 Å². The molecule has 0 unspecified atom stereocenters. The molecule has 0 atom stereocenters. The van der Waals surface area contributed by atoms with E-state index in [0.29, 0.717) is 0 Å². The molecule has 0 fully saturated rings. The first-order chi connectivity index (χ1) is 11.7. The van der Waals surface area contributed by atoms with Crippen LogP contribution in [0.1, 0.15) is 31.7 Å². The van der Waals surface area contributed by atoms with Gasteiger partial charge in [-0.3, -0.25) is 9.67 Å². The fourth-order valence-electron chi connectivity index (χ4n) is 2.45. The average Bonchev–Trinajstić information content (AvgIpc) is 3.20. The van der Waals surface area contributed by atoms with Crippen LogP contribution >= 0.6 is 24.0 Å². The molecule has 2 N–H and O–H groups in total. The van der Waals surface area contributed by atoms with E-state index in [1.807, 2.05) is 17.9 Å². The van der Waals surface area contributed by atoms with E-state index in [9.17, 15) is 0 Å². The Hall–Kier alpha value is -1.65. The monoisotopic (exact) mass is 460 g/mol. The normalized spacial score (nSPS) is 11.2. The lowest BCUT2D eigenvalue weighted by molar-refractivity contribution is 0.632. The zero-order valence-electron chi connectivity index (χ0n) is 15.3. The van der Waals surface area contributed by atoms with Crippen molar-refractivity contribution in [2.45, 2.75) is 39.7 Å². The number of guanidine groups is 1. The molecule has 0 amide bonds. The Morgan fingerprint density at radius 3 is 2.80 bits per heavy atom. The molecule has 0 radical (unpaired) electrons. The third kappa shape index (κ3) is 7.41. The van der Waals surface area contributed by atoms with Crippen LogP contribution < -0.4 is 10.6 Å². The molecule has 25 heavy (non-hydrogen) atoms. The highest BCUT2D eigenvalue weighted by atomic mass is 127. The molecule has 2 heterocycles. The van der Waals surface area contributed by atoms with E-state index in [-0.39, 0.29) is 24.0 Å². The largest absolute Gasteiger partial charge is 0.357 e. The van der Waals surface area contributed by atoms with Gasteiger partial charge in [0.05, 0.1) is 6.20 Å². The second-order valence-corrected chi connectivity index (χ2v) is 5.61. The topological polar surface area (TPSA) is 85.0 Å². The van der Waals surface area contributed by atoms with Crippen LogP contribution in [-0.2, 0) is 26.4 Å². The number of nitrogens with zero attached hydrogens (tertiary/aromatic N) is 6. The number of aromatic nitrogens is 5. The predicted octanol–water partition coefficient (Wildman–Crippen LogP) is 1.38. The smallest absolute Gasteiger partial charge is 0.191 e. The van der Waals surface area contributed by atoms with Crippen molar-refractivity contribution in [3.8, 4) is 0 Å². The summed E-state index contributed by atoms with van der Waals surface area (Å²) in [5.74, 6) is 1.87. The molecule has 0 saturated carbocycles. The molecule has 0 spiro atoms. The number of nitrogens with one attached hydrogen (secondary N) is 2. The molecular weight excluding hydrogens is 431 g/mol. The molecule has 2 rings (SSSR count). The van der Waals surface area contributed by atoms with Crippen molar-refractivity contribution in [3.05, 3.63) is 30.1 Å². The maximum Gasteiger partial charge on any atom is 0.191 e. The minimum atomic E-state index is 0. The van der Waals surface area contributed by atoms with Crippen LogP contribution in [0.5, 0.6) is 0 Å². The van der Waals surface area contributed by atoms with Gasteiger partial charge in [-0.1, -0.05) is 6.92 Å². The predicted molar refractivity (Wildman–Crippen MR) is 110 cm³/mol. The highest BCUT2D eigenvalue weighted by molar-refractivity contribution is 14.0. The van der Waals surface area contributed by atoms with Crippen molar-refractivity contribution in [1.29, 1.82) is 0 Å². The Bertz CT molecular complexity index is 634. The zero-order chi connectivity index (χ0) is 17.2. The van der Waals surface area contributed by atoms with Gasteiger partial charge in [0.1, 0.15) is 12.2 Å². The Morgan fingerprint density at radius 1 is 1.28 bits per heavy atom. The maximum absolute atomic E-state index is 4.62. The van der Waals surface area contributed by atoms with Gasteiger partial charge >= 0.3 is 0 Å². The van der Waals surface area contributed by atoms with Gasteiger partial charge in [0, 0.05) is 45.8 Å². The summed E-state index contributed by atoms with van der Waals surface area (Å²) in [5, 5.41) is 18.9. The third-order valence-electron chi connectivity index (χ3n) is 3.65. The molecule has 0 aromatic carbocycles. The van der Waals surface area contributed by atoms with Crippen molar-refractivity contribution in [2.75, 3.05) is 19.6 Å². The van der Waals surface area contributed by atoms with E-state index < -0.39 is 0 Å². The third-order valence-corrected chi connectivity index (χ3v) is 3.65. The summed E-state index contributed by atoms with van der Waals surface area (Å²) >= 11 is 0. The second kappa shape index (κ2) is 11.8. The SMILES string of the molecule is CCNC(=NCCCc1cnn(C)c1)NCCn1cnnc1CC.I. The number of hydrogen-bond donors (Lipinski definition) is 2. The maximum atomic E-state index is 4.62. The lowest BCUT2D eigenvalue weighted by atomic mass is 10.2. The highest BCUT2D eigenvalue weighted by Gasteiger charge is 2.02. The van der Waals surface area contributed by atoms with E-state index in [1.54, 1.807) is 6.33 Å². The van der Waals surface area contributed by atoms with Gasteiger partial charge in [-0.05, 0) is 25.3 Å². The first-order valence-electron chi connectivity index (χ1n) is 8.59. The van der Waals surface area contributed by atoms with E-state index in [4.69, 9.17) is 0 Å². The molecule has 0 aliphatic rings. The summed E-state index contributed by atoms with van der Waals surface area (Å²) in [6.45, 7) is 7.41. The number of aryl methyl sites for hydroxylation is 3. The van der Waals surface area contributed by atoms with Gasteiger partial charge < -0.3 is 15.2 Å². The van der Waals surface area contributed by atoms with Crippen molar-refractivity contribution in [2.24, 2.45) is 12.0 Å². The van der Waals surface area contributed by atoms with Crippen LogP contribution in [0, 0.1) is 0 Å². The second-order valence-electron chi connectivity index (χ2n) is 5.61. The summed E-state index contributed by atoms with van der Waals surface area (Å²) in [6.07, 6.45) is 8.64. The van der Waals surface area contributed by atoms with Gasteiger partial charge in [-0.25, -0.2) is 0 Å². The number of aliphatic imine (C=N–C) groups is 1. The molecule has 140 valence electrons. The van der Waals surface area contributed by atoms with Crippen molar-refractivity contribution < 1.29 is 0 Å². The number of halogens is 1. The standard InChI is InChI=1S/C16H28N8.HI/c1-4-15-22-20-13-24(15)10-9-19-16(17-5-2)18-8-6-7-14-11-21-23(3)12-14;/h11-13H,4-10H2,1-3H3,(H2,17,18,19);1H. The fourth-order valence-corrected chi connectivity index (χ4v) is 2.45. The molecule has 0 saturated heterocycles. The van der Waals surface area contributed by atoms with E-state index >= 15 is 0 Å². The molecule has 2 aromatic rings. The lowest BCUT2D eigenvalue weighted by Crippen LogP contribution is -2.39. The average molecular weight is 460 g/mol. The lowest BCUT2D eigenvalue weighted by Gasteiger charge is -2.12. The van der Waals surface area contributed by atoms with Crippen LogP contribution in [-0.4, -0.2) is 50.1 Å². The van der Waals surface area contributed by atoms with Crippen LogP contribution in [0.2, 0.25) is 0 Å². The van der Waals surface area contributed by atoms with Crippen LogP contribution in [0.15, 0.2) is 23.7 Å². The first kappa shape index (κ1) is 21.4. The molecule has 2 aromatic heterocycles. The van der Waals surface area contributed by atoms with E-state index in [0.717, 1.165) is 57.2 Å². The molecule has 0 aliphatic heterocycles.